The van der Waals surface area contributed by atoms with Crippen molar-refractivity contribution in [3.05, 3.63) is 29.8 Å². The summed E-state index contributed by atoms with van der Waals surface area (Å²) in [5.74, 6) is 1.19. The van der Waals surface area contributed by atoms with Crippen LogP contribution in [0.15, 0.2) is 24.3 Å². The molecule has 1 saturated carbocycles. The maximum absolute atomic E-state index is 9.62. The second kappa shape index (κ2) is 3.86. The predicted octanol–water partition coefficient (Wildman–Crippen LogP) is 2.67. The molecule has 1 aliphatic rings. The lowest BCUT2D eigenvalue weighted by atomic mass is 9.98. The fourth-order valence-electron chi connectivity index (χ4n) is 1.93. The van der Waals surface area contributed by atoms with E-state index >= 15 is 0 Å². The Kier molecular flexibility index (Phi) is 2.70. The van der Waals surface area contributed by atoms with Gasteiger partial charge in [-0.3, -0.25) is 0 Å². The van der Waals surface area contributed by atoms with Gasteiger partial charge in [-0.2, -0.15) is 0 Å². The van der Waals surface area contributed by atoms with Gasteiger partial charge >= 0.3 is 0 Å². The third-order valence-corrected chi connectivity index (χ3v) is 3.32. The van der Waals surface area contributed by atoms with Crippen LogP contribution in [0.1, 0.15) is 32.3 Å². The van der Waals surface area contributed by atoms with Gasteiger partial charge in [-0.05, 0) is 38.7 Å². The average Bonchev–Trinajstić information content (AvgIpc) is 3.00. The largest absolute Gasteiger partial charge is 0.508 e. The van der Waals surface area contributed by atoms with Crippen molar-refractivity contribution in [2.75, 3.05) is 0 Å². The summed E-state index contributed by atoms with van der Waals surface area (Å²) >= 11 is 0. The van der Waals surface area contributed by atoms with Gasteiger partial charge in [-0.15, -0.1) is 0 Å². The molecule has 82 valence electrons. The second-order valence-corrected chi connectivity index (χ2v) is 4.98. The van der Waals surface area contributed by atoms with E-state index in [1.165, 1.54) is 12.8 Å². The summed E-state index contributed by atoms with van der Waals surface area (Å²) in [5, 5.41) is 13.1. The highest BCUT2D eigenvalue weighted by Crippen LogP contribution is 2.39. The van der Waals surface area contributed by atoms with Gasteiger partial charge in [0.2, 0.25) is 0 Å². The van der Waals surface area contributed by atoms with Crippen LogP contribution in [0.2, 0.25) is 0 Å². The van der Waals surface area contributed by atoms with E-state index in [0.717, 1.165) is 18.0 Å². The number of aromatic hydroxyl groups is 1. The van der Waals surface area contributed by atoms with E-state index < -0.39 is 0 Å². The van der Waals surface area contributed by atoms with E-state index in [1.807, 2.05) is 18.2 Å². The number of hydrogen-bond donors (Lipinski definition) is 2. The molecule has 0 spiro atoms. The first-order valence-electron chi connectivity index (χ1n) is 5.61. The van der Waals surface area contributed by atoms with Gasteiger partial charge in [0.15, 0.2) is 0 Å². The van der Waals surface area contributed by atoms with Gasteiger partial charge in [0.25, 0.3) is 0 Å². The van der Waals surface area contributed by atoms with Crippen molar-refractivity contribution in [2.45, 2.75) is 38.8 Å². The lowest BCUT2D eigenvalue weighted by Gasteiger charge is -2.26. The minimum absolute atomic E-state index is 0.197. The summed E-state index contributed by atoms with van der Waals surface area (Å²) in [4.78, 5) is 0. The molecule has 0 atom stereocenters. The zero-order chi connectivity index (χ0) is 10.9. The summed E-state index contributed by atoms with van der Waals surface area (Å²) in [6, 6.07) is 7.51. The van der Waals surface area contributed by atoms with Crippen LogP contribution in [0, 0.1) is 5.92 Å². The molecule has 1 fully saturated rings. The Morgan fingerprint density at radius 1 is 1.33 bits per heavy atom. The number of rotatable bonds is 4. The first-order chi connectivity index (χ1) is 7.09. The first-order valence-corrected chi connectivity index (χ1v) is 5.61. The van der Waals surface area contributed by atoms with Crippen molar-refractivity contribution >= 4 is 0 Å². The minimum Gasteiger partial charge on any atom is -0.508 e. The fourth-order valence-corrected chi connectivity index (χ4v) is 1.93. The summed E-state index contributed by atoms with van der Waals surface area (Å²) < 4.78 is 0. The lowest BCUT2D eigenvalue weighted by Crippen LogP contribution is -2.40. The Morgan fingerprint density at radius 2 is 2.00 bits per heavy atom. The number of hydrogen-bond acceptors (Lipinski definition) is 2. The quantitative estimate of drug-likeness (QED) is 0.792. The van der Waals surface area contributed by atoms with Crippen molar-refractivity contribution in [1.82, 2.24) is 5.32 Å². The van der Waals surface area contributed by atoms with Gasteiger partial charge in [0.1, 0.15) is 5.75 Å². The molecular formula is C13H19NO. The van der Waals surface area contributed by atoms with Gasteiger partial charge in [-0.25, -0.2) is 0 Å². The Morgan fingerprint density at radius 3 is 2.60 bits per heavy atom. The van der Waals surface area contributed by atoms with Crippen LogP contribution in [-0.4, -0.2) is 10.6 Å². The van der Waals surface area contributed by atoms with Gasteiger partial charge in [-0.1, -0.05) is 18.2 Å². The van der Waals surface area contributed by atoms with Gasteiger partial charge in [0.05, 0.1) is 0 Å². The lowest BCUT2D eigenvalue weighted by molar-refractivity contribution is 0.336. The molecule has 0 heterocycles. The van der Waals surface area contributed by atoms with E-state index in [9.17, 15) is 5.11 Å². The second-order valence-electron chi connectivity index (χ2n) is 4.98. The maximum atomic E-state index is 9.62. The highest BCUT2D eigenvalue weighted by Gasteiger charge is 2.37. The molecule has 2 heteroatoms. The number of para-hydroxylation sites is 1. The van der Waals surface area contributed by atoms with Crippen molar-refractivity contribution in [2.24, 2.45) is 5.92 Å². The van der Waals surface area contributed by atoms with Crippen LogP contribution >= 0.6 is 0 Å². The van der Waals surface area contributed by atoms with Gasteiger partial charge < -0.3 is 10.4 Å². The summed E-state index contributed by atoms with van der Waals surface area (Å²) in [7, 11) is 0. The minimum atomic E-state index is 0.197. The van der Waals surface area contributed by atoms with E-state index in [4.69, 9.17) is 0 Å². The zero-order valence-corrected chi connectivity index (χ0v) is 9.46. The first kappa shape index (κ1) is 10.5. The number of phenols is 1. The van der Waals surface area contributed by atoms with Crippen molar-refractivity contribution in [1.29, 1.82) is 0 Å². The van der Waals surface area contributed by atoms with Crippen LogP contribution in [0.5, 0.6) is 5.75 Å². The van der Waals surface area contributed by atoms with Crippen molar-refractivity contribution < 1.29 is 5.11 Å². The topological polar surface area (TPSA) is 32.3 Å². The molecule has 0 aromatic heterocycles. The molecular weight excluding hydrogens is 186 g/mol. The summed E-state index contributed by atoms with van der Waals surface area (Å²) in [6.07, 6.45) is 2.67. The molecule has 0 bridgehead atoms. The number of benzene rings is 1. The van der Waals surface area contributed by atoms with Crippen LogP contribution in [-0.2, 0) is 6.54 Å². The standard InChI is InChI=1S/C13H19NO/c1-13(2,11-7-8-11)14-9-10-5-3-4-6-12(10)15/h3-6,11,14-15H,7-9H2,1-2H3. The molecule has 2 N–H and O–H groups in total. The molecule has 1 aromatic carbocycles. The number of nitrogens with one attached hydrogen (secondary N) is 1. The van der Waals surface area contributed by atoms with Crippen molar-refractivity contribution in [3.8, 4) is 5.75 Å². The highest BCUT2D eigenvalue weighted by molar-refractivity contribution is 5.31. The summed E-state index contributed by atoms with van der Waals surface area (Å²) in [6.45, 7) is 5.23. The van der Waals surface area contributed by atoms with Crippen molar-refractivity contribution in [3.63, 3.8) is 0 Å². The van der Waals surface area contributed by atoms with E-state index in [-0.39, 0.29) is 5.54 Å². The smallest absolute Gasteiger partial charge is 0.120 e. The maximum Gasteiger partial charge on any atom is 0.120 e. The SMILES string of the molecule is CC(C)(NCc1ccccc1O)C1CC1. The third kappa shape index (κ3) is 2.51. The molecule has 0 amide bonds. The molecule has 0 radical (unpaired) electrons. The van der Waals surface area contributed by atoms with E-state index in [2.05, 4.69) is 19.2 Å². The van der Waals surface area contributed by atoms with E-state index in [0.29, 0.717) is 5.75 Å². The molecule has 0 aliphatic heterocycles. The predicted molar refractivity (Wildman–Crippen MR) is 61.7 cm³/mol. The highest BCUT2D eigenvalue weighted by atomic mass is 16.3. The van der Waals surface area contributed by atoms with Crippen LogP contribution in [0.3, 0.4) is 0 Å². The van der Waals surface area contributed by atoms with Crippen LogP contribution in [0.25, 0.3) is 0 Å². The summed E-state index contributed by atoms with van der Waals surface area (Å²) in [5.41, 5.74) is 1.17. The van der Waals surface area contributed by atoms with Crippen LogP contribution in [0.4, 0.5) is 0 Å². The Labute approximate surface area is 91.3 Å². The third-order valence-electron chi connectivity index (χ3n) is 3.32. The molecule has 15 heavy (non-hydrogen) atoms. The molecule has 1 aromatic rings. The average molecular weight is 205 g/mol. The molecule has 0 unspecified atom stereocenters. The van der Waals surface area contributed by atoms with Gasteiger partial charge in [0, 0.05) is 17.6 Å². The Bertz CT molecular complexity index is 342. The monoisotopic (exact) mass is 205 g/mol. The number of phenolic OH excluding ortho intramolecular Hbond substituents is 1. The van der Waals surface area contributed by atoms with E-state index in [1.54, 1.807) is 6.07 Å². The Balaban J connectivity index is 1.95. The normalized spacial score (nSPS) is 16.7. The van der Waals surface area contributed by atoms with Crippen LogP contribution < -0.4 is 5.32 Å². The molecule has 0 saturated heterocycles. The Hall–Kier alpha value is -1.02. The zero-order valence-electron chi connectivity index (χ0n) is 9.46. The molecule has 1 aliphatic carbocycles. The fraction of sp³-hybridized carbons (Fsp3) is 0.538. The molecule has 2 nitrogen and oxygen atoms in total. The molecule has 2 rings (SSSR count).